The minimum atomic E-state index is 0.415. The van der Waals surface area contributed by atoms with E-state index in [4.69, 9.17) is 4.74 Å². The summed E-state index contributed by atoms with van der Waals surface area (Å²) in [7, 11) is 0. The molecule has 0 amide bonds. The minimum Gasteiger partial charge on any atom is -0.490 e. The van der Waals surface area contributed by atoms with Crippen LogP contribution in [0.1, 0.15) is 31.2 Å². The van der Waals surface area contributed by atoms with Crippen molar-refractivity contribution in [2.24, 2.45) is 0 Å². The van der Waals surface area contributed by atoms with Gasteiger partial charge in [-0.05, 0) is 62.1 Å². The van der Waals surface area contributed by atoms with E-state index in [1.807, 2.05) is 11.8 Å². The lowest BCUT2D eigenvalue weighted by Crippen LogP contribution is -2.24. The van der Waals surface area contributed by atoms with E-state index in [2.05, 4.69) is 29.6 Å². The highest BCUT2D eigenvalue weighted by Gasteiger charge is 2.17. The first-order chi connectivity index (χ1) is 9.40. The second-order valence-corrected chi connectivity index (χ2v) is 6.75. The molecule has 2 fully saturated rings. The molecule has 0 saturated carbocycles. The zero-order chi connectivity index (χ0) is 12.9. The van der Waals surface area contributed by atoms with E-state index in [0.29, 0.717) is 12.1 Å². The molecular weight excluding hydrogens is 254 g/mol. The molecule has 19 heavy (non-hydrogen) atoms. The van der Waals surface area contributed by atoms with Gasteiger partial charge in [-0.25, -0.2) is 0 Å². The lowest BCUT2D eigenvalue weighted by Gasteiger charge is -2.23. The molecule has 2 saturated heterocycles. The largest absolute Gasteiger partial charge is 0.490 e. The molecule has 2 aliphatic rings. The topological polar surface area (TPSA) is 21.3 Å². The molecule has 1 aromatic carbocycles. The van der Waals surface area contributed by atoms with Crippen molar-refractivity contribution in [3.05, 3.63) is 29.8 Å². The Kier molecular flexibility index (Phi) is 4.67. The molecule has 2 nitrogen and oxygen atoms in total. The average molecular weight is 277 g/mol. The van der Waals surface area contributed by atoms with Gasteiger partial charge in [-0.3, -0.25) is 0 Å². The second kappa shape index (κ2) is 6.67. The molecule has 3 heteroatoms. The highest BCUT2D eigenvalue weighted by molar-refractivity contribution is 7.99. The summed E-state index contributed by atoms with van der Waals surface area (Å²) in [6.45, 7) is 1.18. The predicted octanol–water partition coefficient (Wildman–Crippen LogP) is 3.26. The molecule has 0 aliphatic carbocycles. The van der Waals surface area contributed by atoms with Gasteiger partial charge in [-0.15, -0.1) is 0 Å². The van der Waals surface area contributed by atoms with Crippen LogP contribution < -0.4 is 10.1 Å². The van der Waals surface area contributed by atoms with Crippen LogP contribution in [0.2, 0.25) is 0 Å². The summed E-state index contributed by atoms with van der Waals surface area (Å²) in [4.78, 5) is 0. The van der Waals surface area contributed by atoms with Crippen LogP contribution in [0.25, 0.3) is 0 Å². The molecule has 0 radical (unpaired) electrons. The highest BCUT2D eigenvalue weighted by atomic mass is 32.2. The summed E-state index contributed by atoms with van der Waals surface area (Å²) in [5, 5.41) is 3.56. The van der Waals surface area contributed by atoms with Gasteiger partial charge < -0.3 is 10.1 Å². The van der Waals surface area contributed by atoms with Crippen molar-refractivity contribution in [1.82, 2.24) is 5.32 Å². The van der Waals surface area contributed by atoms with Crippen LogP contribution in [0.15, 0.2) is 24.3 Å². The first-order valence-corrected chi connectivity index (χ1v) is 8.62. The predicted molar refractivity (Wildman–Crippen MR) is 82.1 cm³/mol. The molecule has 2 aliphatic heterocycles. The molecule has 2 atom stereocenters. The fourth-order valence-corrected chi connectivity index (χ4v) is 3.99. The number of hydrogen-bond acceptors (Lipinski definition) is 3. The molecule has 0 spiro atoms. The van der Waals surface area contributed by atoms with Crippen LogP contribution in [0.4, 0.5) is 0 Å². The SMILES string of the molecule is c1cc(CC2CCCN2)cc(OC2CCCSC2)c1. The molecule has 2 heterocycles. The van der Waals surface area contributed by atoms with Crippen molar-refractivity contribution in [2.45, 2.75) is 44.2 Å². The second-order valence-electron chi connectivity index (χ2n) is 5.60. The summed E-state index contributed by atoms with van der Waals surface area (Å²) in [6.07, 6.45) is 6.68. The van der Waals surface area contributed by atoms with Crippen molar-refractivity contribution in [2.75, 3.05) is 18.1 Å². The van der Waals surface area contributed by atoms with Gasteiger partial charge in [0.1, 0.15) is 11.9 Å². The lowest BCUT2D eigenvalue weighted by atomic mass is 10.0. The molecular formula is C16H23NOS. The summed E-state index contributed by atoms with van der Waals surface area (Å²) < 4.78 is 6.12. The standard InChI is InChI=1S/C16H23NOS/c1-4-13(10-14-5-2-8-17-14)11-15(6-1)18-16-7-3-9-19-12-16/h1,4,6,11,14,16-17H,2-3,5,7-10,12H2. The van der Waals surface area contributed by atoms with Gasteiger partial charge in [0.2, 0.25) is 0 Å². The molecule has 104 valence electrons. The Labute approximate surface area is 120 Å². The smallest absolute Gasteiger partial charge is 0.120 e. The molecule has 1 aromatic rings. The highest BCUT2D eigenvalue weighted by Crippen LogP contribution is 2.24. The maximum Gasteiger partial charge on any atom is 0.120 e. The van der Waals surface area contributed by atoms with Gasteiger partial charge in [-0.2, -0.15) is 11.8 Å². The van der Waals surface area contributed by atoms with E-state index in [1.165, 1.54) is 43.5 Å². The molecule has 3 rings (SSSR count). The lowest BCUT2D eigenvalue weighted by molar-refractivity contribution is 0.211. The number of benzene rings is 1. The Balaban J connectivity index is 1.58. The van der Waals surface area contributed by atoms with Gasteiger partial charge in [0, 0.05) is 11.8 Å². The van der Waals surface area contributed by atoms with Crippen LogP contribution in [-0.4, -0.2) is 30.2 Å². The maximum atomic E-state index is 6.12. The molecule has 2 unspecified atom stereocenters. The summed E-state index contributed by atoms with van der Waals surface area (Å²) in [5.74, 6) is 3.50. The van der Waals surface area contributed by atoms with Gasteiger partial charge in [-0.1, -0.05) is 12.1 Å². The summed E-state index contributed by atoms with van der Waals surface area (Å²) >= 11 is 2.02. The van der Waals surface area contributed by atoms with Crippen molar-refractivity contribution < 1.29 is 4.74 Å². The van der Waals surface area contributed by atoms with Gasteiger partial charge in [0.05, 0.1) is 0 Å². The summed E-state index contributed by atoms with van der Waals surface area (Å²) in [5.41, 5.74) is 1.40. The van der Waals surface area contributed by atoms with Crippen LogP contribution in [0.5, 0.6) is 5.75 Å². The third-order valence-corrected chi connectivity index (χ3v) is 5.15. The number of thioether (sulfide) groups is 1. The van der Waals surface area contributed by atoms with E-state index in [9.17, 15) is 0 Å². The van der Waals surface area contributed by atoms with Gasteiger partial charge in [0.15, 0.2) is 0 Å². The van der Waals surface area contributed by atoms with Crippen LogP contribution in [0.3, 0.4) is 0 Å². The fourth-order valence-electron chi connectivity index (χ4n) is 2.96. The number of rotatable bonds is 4. The van der Waals surface area contributed by atoms with Crippen LogP contribution >= 0.6 is 11.8 Å². The Hall–Kier alpha value is -0.670. The Morgan fingerprint density at radius 3 is 3.05 bits per heavy atom. The summed E-state index contributed by atoms with van der Waals surface area (Å²) in [6, 6.07) is 9.36. The van der Waals surface area contributed by atoms with E-state index < -0.39 is 0 Å². The van der Waals surface area contributed by atoms with Crippen molar-refractivity contribution >= 4 is 11.8 Å². The molecule has 0 bridgehead atoms. The first kappa shape index (κ1) is 13.3. The number of hydrogen-bond donors (Lipinski definition) is 1. The number of ether oxygens (including phenoxy) is 1. The van der Waals surface area contributed by atoms with Crippen molar-refractivity contribution in [3.63, 3.8) is 0 Å². The zero-order valence-corrected chi connectivity index (χ0v) is 12.3. The fraction of sp³-hybridized carbons (Fsp3) is 0.625. The van der Waals surface area contributed by atoms with Crippen molar-refractivity contribution in [1.29, 1.82) is 0 Å². The first-order valence-electron chi connectivity index (χ1n) is 7.47. The minimum absolute atomic E-state index is 0.415. The van der Waals surface area contributed by atoms with Gasteiger partial charge >= 0.3 is 0 Å². The Bertz CT molecular complexity index is 397. The zero-order valence-electron chi connectivity index (χ0n) is 11.4. The molecule has 1 N–H and O–H groups in total. The van der Waals surface area contributed by atoms with E-state index in [0.717, 1.165) is 17.9 Å². The Morgan fingerprint density at radius 1 is 1.26 bits per heavy atom. The molecule has 0 aromatic heterocycles. The van der Waals surface area contributed by atoms with E-state index in [1.54, 1.807) is 0 Å². The monoisotopic (exact) mass is 277 g/mol. The third kappa shape index (κ3) is 3.90. The van der Waals surface area contributed by atoms with Crippen LogP contribution in [0, 0.1) is 0 Å². The van der Waals surface area contributed by atoms with E-state index in [-0.39, 0.29) is 0 Å². The average Bonchev–Trinajstić information content (AvgIpc) is 2.93. The normalized spacial score (nSPS) is 27.4. The third-order valence-electron chi connectivity index (χ3n) is 3.96. The van der Waals surface area contributed by atoms with Gasteiger partial charge in [0.25, 0.3) is 0 Å². The quantitative estimate of drug-likeness (QED) is 0.913. The van der Waals surface area contributed by atoms with Crippen molar-refractivity contribution in [3.8, 4) is 5.75 Å². The van der Waals surface area contributed by atoms with Crippen LogP contribution in [-0.2, 0) is 6.42 Å². The maximum absolute atomic E-state index is 6.12. The number of nitrogens with one attached hydrogen (secondary N) is 1. The Morgan fingerprint density at radius 2 is 2.26 bits per heavy atom. The van der Waals surface area contributed by atoms with E-state index >= 15 is 0 Å².